The summed E-state index contributed by atoms with van der Waals surface area (Å²) in [5, 5.41) is 12.3. The maximum atomic E-state index is 13.5. The van der Waals surface area contributed by atoms with Crippen LogP contribution in [0.2, 0.25) is 0 Å². The third-order valence-corrected chi connectivity index (χ3v) is 4.19. The number of phenolic OH excluding ortho intramolecular Hbond substituents is 1. The molecular formula is C15H10BrF2NO2. The Labute approximate surface area is 127 Å². The Morgan fingerprint density at radius 1 is 1.14 bits per heavy atom. The standard InChI is InChI=1S/C15H10BrF2NO2/c16-11-5-13(18)12(17)4-10(11)14-9-3-8(20)2-1-7(9)6-19-15(14)21/h1-5,14,20H,6H2,(H,19,21). The molecule has 2 N–H and O–H groups in total. The first-order valence-corrected chi connectivity index (χ1v) is 7.00. The number of rotatable bonds is 1. The van der Waals surface area contributed by atoms with Crippen LogP contribution < -0.4 is 5.32 Å². The molecule has 0 aliphatic carbocycles. The van der Waals surface area contributed by atoms with E-state index >= 15 is 0 Å². The fraction of sp³-hybridized carbons (Fsp3) is 0.133. The molecule has 0 aromatic heterocycles. The molecule has 0 fully saturated rings. The van der Waals surface area contributed by atoms with Crippen molar-refractivity contribution in [1.29, 1.82) is 0 Å². The van der Waals surface area contributed by atoms with E-state index < -0.39 is 17.6 Å². The summed E-state index contributed by atoms with van der Waals surface area (Å²) in [7, 11) is 0. The van der Waals surface area contributed by atoms with Crippen molar-refractivity contribution in [2.24, 2.45) is 0 Å². The minimum atomic E-state index is -1.02. The van der Waals surface area contributed by atoms with Gasteiger partial charge in [0.05, 0.1) is 5.92 Å². The van der Waals surface area contributed by atoms with Crippen molar-refractivity contribution in [1.82, 2.24) is 5.32 Å². The number of amides is 1. The zero-order valence-electron chi connectivity index (χ0n) is 10.7. The van der Waals surface area contributed by atoms with Gasteiger partial charge in [0, 0.05) is 11.0 Å². The summed E-state index contributed by atoms with van der Waals surface area (Å²) in [5.41, 5.74) is 1.73. The van der Waals surface area contributed by atoms with Crippen molar-refractivity contribution in [3.8, 4) is 5.75 Å². The average Bonchev–Trinajstić information content (AvgIpc) is 2.43. The topological polar surface area (TPSA) is 49.3 Å². The largest absolute Gasteiger partial charge is 0.508 e. The number of benzene rings is 2. The first kappa shape index (κ1) is 14.0. The molecule has 21 heavy (non-hydrogen) atoms. The van der Waals surface area contributed by atoms with Gasteiger partial charge in [-0.1, -0.05) is 22.0 Å². The Bertz CT molecular complexity index is 749. The molecule has 1 heterocycles. The summed E-state index contributed by atoms with van der Waals surface area (Å²) in [4.78, 5) is 12.2. The Balaban J connectivity index is 2.21. The number of carbonyl (C=O) groups is 1. The summed E-state index contributed by atoms with van der Waals surface area (Å²) in [6.07, 6.45) is 0. The quantitative estimate of drug-likeness (QED) is 0.773. The van der Waals surface area contributed by atoms with Crippen molar-refractivity contribution in [2.75, 3.05) is 0 Å². The predicted octanol–water partition coefficient (Wildman–Crippen LogP) is 3.19. The first-order valence-electron chi connectivity index (χ1n) is 6.21. The first-order chi connectivity index (χ1) is 9.97. The van der Waals surface area contributed by atoms with E-state index in [1.54, 1.807) is 6.07 Å². The lowest BCUT2D eigenvalue weighted by atomic mass is 9.84. The van der Waals surface area contributed by atoms with Crippen molar-refractivity contribution in [3.63, 3.8) is 0 Å². The van der Waals surface area contributed by atoms with Crippen LogP contribution in [0.1, 0.15) is 22.6 Å². The van der Waals surface area contributed by atoms with Crippen LogP contribution in [0.3, 0.4) is 0 Å². The van der Waals surface area contributed by atoms with Crippen molar-refractivity contribution in [3.05, 3.63) is 63.1 Å². The summed E-state index contributed by atoms with van der Waals surface area (Å²) >= 11 is 3.17. The lowest BCUT2D eigenvalue weighted by molar-refractivity contribution is -0.122. The average molecular weight is 354 g/mol. The smallest absolute Gasteiger partial charge is 0.232 e. The number of phenols is 1. The lowest BCUT2D eigenvalue weighted by Crippen LogP contribution is -2.35. The molecule has 1 amide bonds. The second-order valence-corrected chi connectivity index (χ2v) is 5.68. The van der Waals surface area contributed by atoms with E-state index in [0.29, 0.717) is 22.1 Å². The van der Waals surface area contributed by atoms with Crippen LogP contribution in [0.4, 0.5) is 8.78 Å². The van der Waals surface area contributed by atoms with Crippen molar-refractivity contribution < 1.29 is 18.7 Å². The van der Waals surface area contributed by atoms with E-state index in [1.807, 2.05) is 0 Å². The van der Waals surface area contributed by atoms with Crippen LogP contribution in [0.25, 0.3) is 0 Å². The number of hydrogen-bond acceptors (Lipinski definition) is 2. The Hall–Kier alpha value is -1.95. The maximum absolute atomic E-state index is 13.5. The van der Waals surface area contributed by atoms with Gasteiger partial charge in [0.25, 0.3) is 0 Å². The molecule has 0 saturated carbocycles. The molecule has 108 valence electrons. The van der Waals surface area contributed by atoms with E-state index in [9.17, 15) is 18.7 Å². The van der Waals surface area contributed by atoms with Gasteiger partial charge >= 0.3 is 0 Å². The van der Waals surface area contributed by atoms with Gasteiger partial charge in [-0.25, -0.2) is 8.78 Å². The summed E-state index contributed by atoms with van der Waals surface area (Å²) in [5.74, 6) is -3.11. The number of carbonyl (C=O) groups excluding carboxylic acids is 1. The molecule has 1 unspecified atom stereocenters. The van der Waals surface area contributed by atoms with E-state index in [-0.39, 0.29) is 11.7 Å². The highest BCUT2D eigenvalue weighted by Crippen LogP contribution is 2.37. The van der Waals surface area contributed by atoms with Crippen LogP contribution in [0, 0.1) is 11.6 Å². The highest BCUT2D eigenvalue weighted by Gasteiger charge is 2.31. The van der Waals surface area contributed by atoms with E-state index in [0.717, 1.165) is 17.7 Å². The molecule has 2 aromatic rings. The summed E-state index contributed by atoms with van der Waals surface area (Å²) in [6.45, 7) is 0.340. The van der Waals surface area contributed by atoms with Gasteiger partial charge in [-0.15, -0.1) is 0 Å². The Morgan fingerprint density at radius 3 is 2.62 bits per heavy atom. The van der Waals surface area contributed by atoms with Crippen molar-refractivity contribution in [2.45, 2.75) is 12.5 Å². The molecule has 1 atom stereocenters. The highest BCUT2D eigenvalue weighted by molar-refractivity contribution is 9.10. The minimum absolute atomic E-state index is 0.0205. The molecular weight excluding hydrogens is 344 g/mol. The van der Waals surface area contributed by atoms with Crippen molar-refractivity contribution >= 4 is 21.8 Å². The fourth-order valence-corrected chi connectivity index (χ4v) is 3.05. The molecule has 3 nitrogen and oxygen atoms in total. The van der Waals surface area contributed by atoms with E-state index in [1.165, 1.54) is 12.1 Å². The minimum Gasteiger partial charge on any atom is -0.508 e. The van der Waals surface area contributed by atoms with Crippen LogP contribution in [-0.2, 0) is 11.3 Å². The van der Waals surface area contributed by atoms with Gasteiger partial charge in [-0.05, 0) is 41.0 Å². The molecule has 6 heteroatoms. The predicted molar refractivity (Wildman–Crippen MR) is 75.9 cm³/mol. The molecule has 0 radical (unpaired) electrons. The fourth-order valence-electron chi connectivity index (χ4n) is 2.51. The van der Waals surface area contributed by atoms with E-state index in [4.69, 9.17) is 0 Å². The second kappa shape index (κ2) is 5.11. The normalized spacial score (nSPS) is 17.3. The zero-order valence-corrected chi connectivity index (χ0v) is 12.2. The Morgan fingerprint density at radius 2 is 1.86 bits per heavy atom. The number of nitrogens with one attached hydrogen (secondary N) is 1. The van der Waals surface area contributed by atoms with Gasteiger partial charge in [-0.2, -0.15) is 0 Å². The molecule has 0 saturated heterocycles. The number of halogens is 3. The van der Waals surface area contributed by atoms with Crippen LogP contribution >= 0.6 is 15.9 Å². The monoisotopic (exact) mass is 353 g/mol. The third kappa shape index (κ3) is 2.40. The summed E-state index contributed by atoms with van der Waals surface area (Å²) < 4.78 is 27.1. The van der Waals surface area contributed by atoms with Gasteiger partial charge in [0.15, 0.2) is 11.6 Å². The summed E-state index contributed by atoms with van der Waals surface area (Å²) in [6, 6.07) is 6.70. The van der Waals surface area contributed by atoms with Gasteiger partial charge in [0.2, 0.25) is 5.91 Å². The second-order valence-electron chi connectivity index (χ2n) is 4.82. The lowest BCUT2D eigenvalue weighted by Gasteiger charge is -2.26. The SMILES string of the molecule is O=C1NCc2ccc(O)cc2C1c1cc(F)c(F)cc1Br. The Kier molecular flexibility index (Phi) is 3.41. The number of hydrogen-bond donors (Lipinski definition) is 2. The highest BCUT2D eigenvalue weighted by atomic mass is 79.9. The third-order valence-electron chi connectivity index (χ3n) is 3.51. The number of fused-ring (bicyclic) bond motifs is 1. The van der Waals surface area contributed by atoms with Gasteiger partial charge in [0.1, 0.15) is 5.75 Å². The van der Waals surface area contributed by atoms with Crippen LogP contribution in [0.5, 0.6) is 5.75 Å². The number of aromatic hydroxyl groups is 1. The maximum Gasteiger partial charge on any atom is 0.232 e. The molecule has 0 spiro atoms. The van der Waals surface area contributed by atoms with Crippen LogP contribution in [-0.4, -0.2) is 11.0 Å². The molecule has 1 aliphatic heterocycles. The molecule has 1 aliphatic rings. The van der Waals surface area contributed by atoms with Gasteiger partial charge in [-0.3, -0.25) is 4.79 Å². The van der Waals surface area contributed by atoms with Gasteiger partial charge < -0.3 is 10.4 Å². The molecule has 0 bridgehead atoms. The van der Waals surface area contributed by atoms with E-state index in [2.05, 4.69) is 21.2 Å². The zero-order chi connectivity index (χ0) is 15.1. The van der Waals surface area contributed by atoms with Crippen LogP contribution in [0.15, 0.2) is 34.8 Å². The molecule has 2 aromatic carbocycles. The molecule has 3 rings (SSSR count).